The predicted octanol–water partition coefficient (Wildman–Crippen LogP) is 3.51. The van der Waals surface area contributed by atoms with Crippen LogP contribution in [0.5, 0.6) is 0 Å². The molecule has 0 unspecified atom stereocenters. The van der Waals surface area contributed by atoms with Crippen molar-refractivity contribution in [3.63, 3.8) is 0 Å². The van der Waals surface area contributed by atoms with Crippen LogP contribution in [0.15, 0.2) is 77.7 Å². The number of hydrogen-bond acceptors (Lipinski definition) is 5. The monoisotopic (exact) mass is 474 g/mol. The second-order valence-electron chi connectivity index (χ2n) is 8.71. The van der Waals surface area contributed by atoms with Crippen LogP contribution < -0.4 is 10.6 Å². The molecule has 0 radical (unpaired) electrons. The zero-order valence-electron chi connectivity index (χ0n) is 19.6. The highest BCUT2D eigenvalue weighted by molar-refractivity contribution is 6.35. The highest BCUT2D eigenvalue weighted by atomic mass is 16.3. The molecule has 1 saturated carbocycles. The summed E-state index contributed by atoms with van der Waals surface area (Å²) in [6.07, 6.45) is 9.70. The first kappa shape index (κ1) is 24.2. The van der Waals surface area contributed by atoms with Crippen LogP contribution in [-0.4, -0.2) is 33.6 Å². The lowest BCUT2D eigenvalue weighted by atomic mass is 9.95. The summed E-state index contributed by atoms with van der Waals surface area (Å²) in [6.45, 7) is 0.219. The standard InChI is InChI=1S/C27H30N4O4/c32-25(29-18-23-14-8-16-35-23)24(21-10-3-1-4-11-21)31(19-20-9-7-15-28-17-20)27(34)26(33)30-22-12-5-2-6-13-22/h1,3-4,7-11,14-17,22,24H,2,5-6,12-13,18-19H2,(H,29,32)(H,30,33)/t24-/m1/s1. The van der Waals surface area contributed by atoms with E-state index in [0.29, 0.717) is 16.9 Å². The van der Waals surface area contributed by atoms with Crippen LogP contribution in [0.3, 0.4) is 0 Å². The van der Waals surface area contributed by atoms with Gasteiger partial charge < -0.3 is 20.0 Å². The van der Waals surface area contributed by atoms with Gasteiger partial charge in [-0.2, -0.15) is 0 Å². The molecule has 0 spiro atoms. The zero-order chi connectivity index (χ0) is 24.5. The molecule has 1 fully saturated rings. The number of carbonyl (C=O) groups is 3. The molecule has 2 heterocycles. The third kappa shape index (κ3) is 6.56. The Hall–Kier alpha value is -3.94. The lowest BCUT2D eigenvalue weighted by Crippen LogP contribution is -2.50. The minimum absolute atomic E-state index is 0.0246. The van der Waals surface area contributed by atoms with Crippen molar-refractivity contribution < 1.29 is 18.8 Å². The molecule has 1 atom stereocenters. The van der Waals surface area contributed by atoms with E-state index in [0.717, 1.165) is 32.1 Å². The number of nitrogens with one attached hydrogen (secondary N) is 2. The molecule has 0 saturated heterocycles. The molecule has 1 aromatic carbocycles. The lowest BCUT2D eigenvalue weighted by molar-refractivity contribution is -0.151. The molecule has 2 aromatic heterocycles. The molecule has 4 rings (SSSR count). The zero-order valence-corrected chi connectivity index (χ0v) is 19.6. The van der Waals surface area contributed by atoms with Gasteiger partial charge in [0.15, 0.2) is 0 Å². The molecule has 8 heteroatoms. The SMILES string of the molecule is O=C(NC1CCCCC1)C(=O)N(Cc1cccnc1)[C@@H](C(=O)NCc1ccco1)c1ccccc1. The van der Waals surface area contributed by atoms with Gasteiger partial charge in [0.25, 0.3) is 0 Å². The van der Waals surface area contributed by atoms with E-state index < -0.39 is 23.8 Å². The van der Waals surface area contributed by atoms with Gasteiger partial charge in [-0.3, -0.25) is 19.4 Å². The first-order valence-electron chi connectivity index (χ1n) is 12.0. The van der Waals surface area contributed by atoms with Crippen molar-refractivity contribution >= 4 is 17.7 Å². The van der Waals surface area contributed by atoms with Gasteiger partial charge in [0.2, 0.25) is 5.91 Å². The average Bonchev–Trinajstić information content (AvgIpc) is 3.42. The van der Waals surface area contributed by atoms with Crippen LogP contribution in [0.1, 0.15) is 55.0 Å². The summed E-state index contributed by atoms with van der Waals surface area (Å²) in [4.78, 5) is 45.6. The number of carbonyl (C=O) groups excluding carboxylic acids is 3. The number of hydrogen-bond donors (Lipinski definition) is 2. The Morgan fingerprint density at radius 2 is 1.80 bits per heavy atom. The minimum Gasteiger partial charge on any atom is -0.467 e. The normalized spacial score (nSPS) is 14.6. The van der Waals surface area contributed by atoms with Gasteiger partial charge in [-0.25, -0.2) is 0 Å². The number of pyridine rings is 1. The van der Waals surface area contributed by atoms with Crippen LogP contribution in [0, 0.1) is 0 Å². The van der Waals surface area contributed by atoms with Gasteiger partial charge in [0.05, 0.1) is 12.8 Å². The summed E-state index contributed by atoms with van der Waals surface area (Å²) in [5.74, 6) is -1.26. The van der Waals surface area contributed by atoms with Gasteiger partial charge in [0, 0.05) is 25.0 Å². The number of amides is 3. The van der Waals surface area contributed by atoms with Gasteiger partial charge in [-0.05, 0) is 42.2 Å². The van der Waals surface area contributed by atoms with Crippen LogP contribution in [0.25, 0.3) is 0 Å². The molecule has 1 aliphatic rings. The van der Waals surface area contributed by atoms with E-state index in [9.17, 15) is 14.4 Å². The molecule has 0 aliphatic heterocycles. The fourth-order valence-electron chi connectivity index (χ4n) is 4.39. The molecule has 2 N–H and O–H groups in total. The summed E-state index contributed by atoms with van der Waals surface area (Å²) in [6, 6.07) is 15.0. The van der Waals surface area contributed by atoms with E-state index in [1.54, 1.807) is 54.9 Å². The van der Waals surface area contributed by atoms with Gasteiger partial charge in [0.1, 0.15) is 11.8 Å². The van der Waals surface area contributed by atoms with Crippen molar-refractivity contribution in [2.75, 3.05) is 0 Å². The van der Waals surface area contributed by atoms with Crippen LogP contribution in [0.4, 0.5) is 0 Å². The molecule has 3 aromatic rings. The van der Waals surface area contributed by atoms with Gasteiger partial charge in [-0.15, -0.1) is 0 Å². The molecular weight excluding hydrogens is 444 g/mol. The summed E-state index contributed by atoms with van der Waals surface area (Å²) < 4.78 is 5.33. The Bertz CT molecular complexity index is 1100. The quantitative estimate of drug-likeness (QED) is 0.486. The molecular formula is C27H30N4O4. The summed E-state index contributed by atoms with van der Waals surface area (Å²) in [5.41, 5.74) is 1.32. The minimum atomic E-state index is -1.02. The van der Waals surface area contributed by atoms with Crippen molar-refractivity contribution in [2.45, 2.75) is 57.3 Å². The second kappa shape index (κ2) is 12.0. The van der Waals surface area contributed by atoms with E-state index in [2.05, 4.69) is 15.6 Å². The van der Waals surface area contributed by atoms with Crippen molar-refractivity contribution in [1.82, 2.24) is 20.5 Å². The van der Waals surface area contributed by atoms with E-state index in [-0.39, 0.29) is 19.1 Å². The second-order valence-corrected chi connectivity index (χ2v) is 8.71. The third-order valence-electron chi connectivity index (χ3n) is 6.16. The number of benzene rings is 1. The fourth-order valence-corrected chi connectivity index (χ4v) is 4.39. The van der Waals surface area contributed by atoms with E-state index in [1.807, 2.05) is 12.1 Å². The Morgan fingerprint density at radius 1 is 1.00 bits per heavy atom. The average molecular weight is 475 g/mol. The molecule has 3 amide bonds. The summed E-state index contributed by atoms with van der Waals surface area (Å²) >= 11 is 0. The maximum Gasteiger partial charge on any atom is 0.313 e. The topological polar surface area (TPSA) is 105 Å². The Kier molecular flexibility index (Phi) is 8.27. The van der Waals surface area contributed by atoms with Crippen molar-refractivity contribution in [3.8, 4) is 0 Å². The number of aromatic nitrogens is 1. The summed E-state index contributed by atoms with van der Waals surface area (Å²) in [5, 5.41) is 5.74. The van der Waals surface area contributed by atoms with E-state index >= 15 is 0 Å². The molecule has 1 aliphatic carbocycles. The number of nitrogens with zero attached hydrogens (tertiary/aromatic N) is 2. The van der Waals surface area contributed by atoms with Gasteiger partial charge >= 0.3 is 11.8 Å². The lowest BCUT2D eigenvalue weighted by Gasteiger charge is -2.32. The molecule has 35 heavy (non-hydrogen) atoms. The van der Waals surface area contributed by atoms with Gasteiger partial charge in [-0.1, -0.05) is 55.7 Å². The van der Waals surface area contributed by atoms with E-state index in [4.69, 9.17) is 4.42 Å². The highest BCUT2D eigenvalue weighted by Gasteiger charge is 2.35. The maximum absolute atomic E-state index is 13.6. The molecule has 0 bridgehead atoms. The van der Waals surface area contributed by atoms with Crippen molar-refractivity contribution in [2.24, 2.45) is 0 Å². The first-order chi connectivity index (χ1) is 17.1. The maximum atomic E-state index is 13.6. The molecule has 8 nitrogen and oxygen atoms in total. The fraction of sp³-hybridized carbons (Fsp3) is 0.333. The Labute approximate surface area is 204 Å². The van der Waals surface area contributed by atoms with Crippen LogP contribution in [0.2, 0.25) is 0 Å². The first-order valence-corrected chi connectivity index (χ1v) is 12.0. The van der Waals surface area contributed by atoms with Crippen LogP contribution >= 0.6 is 0 Å². The Morgan fingerprint density at radius 3 is 2.49 bits per heavy atom. The third-order valence-corrected chi connectivity index (χ3v) is 6.16. The number of furan rings is 1. The largest absolute Gasteiger partial charge is 0.467 e. The summed E-state index contributed by atoms with van der Waals surface area (Å²) in [7, 11) is 0. The van der Waals surface area contributed by atoms with Crippen molar-refractivity contribution in [3.05, 3.63) is 90.1 Å². The molecule has 182 valence electrons. The van der Waals surface area contributed by atoms with Crippen molar-refractivity contribution in [1.29, 1.82) is 0 Å². The van der Waals surface area contributed by atoms with Crippen LogP contribution in [-0.2, 0) is 27.5 Å². The Balaban J connectivity index is 1.62. The predicted molar refractivity (Wildman–Crippen MR) is 130 cm³/mol. The van der Waals surface area contributed by atoms with E-state index in [1.165, 1.54) is 11.2 Å². The highest BCUT2D eigenvalue weighted by Crippen LogP contribution is 2.25. The smallest absolute Gasteiger partial charge is 0.313 e. The number of rotatable bonds is 8.